The minimum atomic E-state index is -0.827. The van der Waals surface area contributed by atoms with Crippen molar-refractivity contribution in [3.8, 4) is 0 Å². The van der Waals surface area contributed by atoms with Gasteiger partial charge in [0.2, 0.25) is 0 Å². The molecule has 1 aliphatic heterocycles. The topological polar surface area (TPSA) is 90.5 Å². The summed E-state index contributed by atoms with van der Waals surface area (Å²) < 4.78 is 0. The third-order valence-corrected chi connectivity index (χ3v) is 6.55. The van der Waals surface area contributed by atoms with Crippen LogP contribution in [-0.4, -0.2) is 34.9 Å². The summed E-state index contributed by atoms with van der Waals surface area (Å²) in [6, 6.07) is 6.01. The molecule has 7 heteroatoms. The Bertz CT molecular complexity index is 816. The molecule has 1 saturated heterocycles. The van der Waals surface area contributed by atoms with E-state index in [0.717, 1.165) is 42.7 Å². The summed E-state index contributed by atoms with van der Waals surface area (Å²) in [5.74, 6) is -0.732. The summed E-state index contributed by atoms with van der Waals surface area (Å²) in [5, 5.41) is 6.85. The maximum absolute atomic E-state index is 12.7. The molecule has 2 aliphatic carbocycles. The highest BCUT2D eigenvalue weighted by atomic mass is 16.2. The van der Waals surface area contributed by atoms with E-state index in [-0.39, 0.29) is 18.5 Å². The summed E-state index contributed by atoms with van der Waals surface area (Å²) in [4.78, 5) is 37.4. The number of urea groups is 1. The number of fused-ring (bicyclic) bond motifs is 1. The van der Waals surface area contributed by atoms with E-state index in [1.807, 2.05) is 6.92 Å². The van der Waals surface area contributed by atoms with E-state index in [1.54, 1.807) is 0 Å². The van der Waals surface area contributed by atoms with Gasteiger partial charge in [-0.25, -0.2) is 4.79 Å². The number of carbonyl (C=O) groups is 3. The summed E-state index contributed by atoms with van der Waals surface area (Å²) in [6.07, 6.45) is 8.91. The number of imide groups is 1. The number of hydrogen-bond acceptors (Lipinski definition) is 4. The van der Waals surface area contributed by atoms with Crippen LogP contribution in [0.1, 0.15) is 74.6 Å². The normalized spacial score (nSPS) is 21.6. The molecule has 0 aromatic heterocycles. The zero-order valence-corrected chi connectivity index (χ0v) is 17.1. The standard InChI is InChI=1S/C22H30N4O3/c1-15(17-10-9-16-7-3-4-8-18(16)13-17)23-14-19(27)25-26-20(28)22(24-21(26)29)11-5-2-6-12-22/h9-10,13,15,23H,2-8,11-12,14H2,1H3,(H,24,29)(H,25,27)/t15-/m1/s1. The number of hydrazine groups is 1. The van der Waals surface area contributed by atoms with Crippen LogP contribution in [0.3, 0.4) is 0 Å². The van der Waals surface area contributed by atoms with Gasteiger partial charge in [0.1, 0.15) is 5.54 Å². The minimum Gasteiger partial charge on any atom is -0.322 e. The van der Waals surface area contributed by atoms with E-state index in [2.05, 4.69) is 34.3 Å². The molecule has 1 atom stereocenters. The van der Waals surface area contributed by atoms with Crippen molar-refractivity contribution in [3.63, 3.8) is 0 Å². The lowest BCUT2D eigenvalue weighted by molar-refractivity contribution is -0.139. The smallest absolute Gasteiger partial charge is 0.322 e. The molecule has 0 radical (unpaired) electrons. The van der Waals surface area contributed by atoms with Gasteiger partial charge in [0.05, 0.1) is 6.54 Å². The van der Waals surface area contributed by atoms with E-state index >= 15 is 0 Å². The van der Waals surface area contributed by atoms with Crippen LogP contribution in [0, 0.1) is 0 Å². The van der Waals surface area contributed by atoms with Gasteiger partial charge in [0.15, 0.2) is 0 Å². The summed E-state index contributed by atoms with van der Waals surface area (Å²) in [6.45, 7) is 2.05. The van der Waals surface area contributed by atoms with Gasteiger partial charge in [0.25, 0.3) is 11.8 Å². The van der Waals surface area contributed by atoms with E-state index in [4.69, 9.17) is 0 Å². The molecule has 1 saturated carbocycles. The first-order valence-corrected chi connectivity index (χ1v) is 10.8. The van der Waals surface area contributed by atoms with Crippen LogP contribution in [0.5, 0.6) is 0 Å². The van der Waals surface area contributed by atoms with E-state index in [9.17, 15) is 14.4 Å². The highest BCUT2D eigenvalue weighted by Crippen LogP contribution is 2.33. The Morgan fingerprint density at radius 1 is 1.10 bits per heavy atom. The van der Waals surface area contributed by atoms with Crippen molar-refractivity contribution in [1.82, 2.24) is 21.1 Å². The van der Waals surface area contributed by atoms with Crippen molar-refractivity contribution in [2.75, 3.05) is 6.54 Å². The summed E-state index contributed by atoms with van der Waals surface area (Å²) >= 11 is 0. The molecule has 1 spiro atoms. The van der Waals surface area contributed by atoms with E-state index < -0.39 is 17.5 Å². The second kappa shape index (κ2) is 8.14. The van der Waals surface area contributed by atoms with Gasteiger partial charge in [-0.15, -0.1) is 0 Å². The molecule has 1 heterocycles. The quantitative estimate of drug-likeness (QED) is 0.665. The maximum atomic E-state index is 12.7. The van der Waals surface area contributed by atoms with Crippen LogP contribution in [0.2, 0.25) is 0 Å². The number of rotatable bonds is 5. The monoisotopic (exact) mass is 398 g/mol. The molecule has 0 unspecified atom stereocenters. The van der Waals surface area contributed by atoms with Crippen molar-refractivity contribution >= 4 is 17.8 Å². The number of carbonyl (C=O) groups excluding carboxylic acids is 3. The van der Waals surface area contributed by atoms with Gasteiger partial charge in [0, 0.05) is 6.04 Å². The number of benzene rings is 1. The van der Waals surface area contributed by atoms with Crippen LogP contribution in [0.4, 0.5) is 4.79 Å². The fraction of sp³-hybridized carbons (Fsp3) is 0.591. The van der Waals surface area contributed by atoms with Crippen molar-refractivity contribution in [2.24, 2.45) is 0 Å². The molecule has 0 bridgehead atoms. The molecule has 4 rings (SSSR count). The van der Waals surface area contributed by atoms with Gasteiger partial charge >= 0.3 is 6.03 Å². The minimum absolute atomic E-state index is 0.000712. The molecule has 7 nitrogen and oxygen atoms in total. The Kier molecular flexibility index (Phi) is 5.58. The molecule has 3 N–H and O–H groups in total. The number of nitrogens with one attached hydrogen (secondary N) is 3. The van der Waals surface area contributed by atoms with E-state index in [0.29, 0.717) is 12.8 Å². The average Bonchev–Trinajstić information content (AvgIpc) is 2.96. The first kappa shape index (κ1) is 19.9. The van der Waals surface area contributed by atoms with Gasteiger partial charge in [-0.1, -0.05) is 37.5 Å². The lowest BCUT2D eigenvalue weighted by Gasteiger charge is -2.30. The SMILES string of the molecule is C[C@@H](NCC(=O)NN1C(=O)NC2(CCCCC2)C1=O)c1ccc2c(c1)CCCC2. The predicted octanol–water partition coefficient (Wildman–Crippen LogP) is 2.50. The Hall–Kier alpha value is -2.41. The lowest BCUT2D eigenvalue weighted by Crippen LogP contribution is -2.52. The van der Waals surface area contributed by atoms with Crippen LogP contribution >= 0.6 is 0 Å². The Labute approximate surface area is 171 Å². The molecule has 29 heavy (non-hydrogen) atoms. The number of aryl methyl sites for hydroxylation is 2. The molecule has 1 aromatic carbocycles. The Morgan fingerprint density at radius 2 is 1.83 bits per heavy atom. The number of nitrogens with zero attached hydrogens (tertiary/aromatic N) is 1. The van der Waals surface area contributed by atoms with Gasteiger partial charge < -0.3 is 10.6 Å². The van der Waals surface area contributed by atoms with Gasteiger partial charge in [-0.2, -0.15) is 5.01 Å². The van der Waals surface area contributed by atoms with Crippen LogP contribution in [0.25, 0.3) is 0 Å². The zero-order valence-electron chi connectivity index (χ0n) is 17.1. The maximum Gasteiger partial charge on any atom is 0.344 e. The van der Waals surface area contributed by atoms with Crippen LogP contribution in [-0.2, 0) is 22.4 Å². The largest absolute Gasteiger partial charge is 0.344 e. The van der Waals surface area contributed by atoms with Crippen molar-refractivity contribution in [1.29, 1.82) is 0 Å². The highest BCUT2D eigenvalue weighted by Gasteiger charge is 2.52. The Morgan fingerprint density at radius 3 is 2.59 bits per heavy atom. The number of amides is 4. The van der Waals surface area contributed by atoms with Gasteiger partial charge in [-0.3, -0.25) is 15.0 Å². The molecule has 2 fully saturated rings. The van der Waals surface area contributed by atoms with Crippen molar-refractivity contribution in [3.05, 3.63) is 34.9 Å². The van der Waals surface area contributed by atoms with E-state index in [1.165, 1.54) is 24.0 Å². The van der Waals surface area contributed by atoms with Gasteiger partial charge in [-0.05, 0) is 62.1 Å². The molecule has 1 aromatic rings. The van der Waals surface area contributed by atoms with Crippen molar-refractivity contribution < 1.29 is 14.4 Å². The third-order valence-electron chi connectivity index (χ3n) is 6.55. The first-order chi connectivity index (χ1) is 14.0. The number of hydrogen-bond donors (Lipinski definition) is 3. The lowest BCUT2D eigenvalue weighted by atomic mass is 9.82. The first-order valence-electron chi connectivity index (χ1n) is 10.8. The Balaban J connectivity index is 1.32. The molecule has 156 valence electrons. The molecular formula is C22H30N4O3. The molecular weight excluding hydrogens is 368 g/mol. The third kappa shape index (κ3) is 4.01. The summed E-state index contributed by atoms with van der Waals surface area (Å²) in [5.41, 5.74) is 5.64. The molecule has 3 aliphatic rings. The molecule has 4 amide bonds. The van der Waals surface area contributed by atoms with Crippen LogP contribution in [0.15, 0.2) is 18.2 Å². The summed E-state index contributed by atoms with van der Waals surface area (Å²) in [7, 11) is 0. The fourth-order valence-electron chi connectivity index (χ4n) is 4.77. The van der Waals surface area contributed by atoms with Crippen LogP contribution < -0.4 is 16.1 Å². The fourth-order valence-corrected chi connectivity index (χ4v) is 4.77. The highest BCUT2D eigenvalue weighted by molar-refractivity contribution is 6.08. The van der Waals surface area contributed by atoms with Crippen molar-refractivity contribution in [2.45, 2.75) is 76.3 Å². The zero-order chi connectivity index (χ0) is 20.4. The average molecular weight is 399 g/mol. The second-order valence-corrected chi connectivity index (χ2v) is 8.59. The predicted molar refractivity (Wildman–Crippen MR) is 109 cm³/mol. The second-order valence-electron chi connectivity index (χ2n) is 8.59.